The zero-order valence-corrected chi connectivity index (χ0v) is 15.1. The SMILES string of the molecule is CN(C)CCCN(CCCc1ccccc1)CCCN(C)C. The summed E-state index contributed by atoms with van der Waals surface area (Å²) in [6, 6.07) is 10.9. The molecular weight excluding hydrogens is 270 g/mol. The molecule has 0 N–H and O–H groups in total. The van der Waals surface area contributed by atoms with Crippen molar-refractivity contribution in [2.24, 2.45) is 0 Å². The van der Waals surface area contributed by atoms with E-state index in [1.807, 2.05) is 0 Å². The smallest absolute Gasteiger partial charge is 0.000654 e. The van der Waals surface area contributed by atoms with E-state index in [0.29, 0.717) is 0 Å². The van der Waals surface area contributed by atoms with Gasteiger partial charge in [0.15, 0.2) is 0 Å². The van der Waals surface area contributed by atoms with Gasteiger partial charge in [0.05, 0.1) is 0 Å². The number of hydrogen-bond donors (Lipinski definition) is 0. The van der Waals surface area contributed by atoms with E-state index < -0.39 is 0 Å². The maximum atomic E-state index is 2.65. The molecule has 0 aliphatic heterocycles. The number of benzene rings is 1. The summed E-state index contributed by atoms with van der Waals surface area (Å²) >= 11 is 0. The minimum absolute atomic E-state index is 1.18. The molecule has 0 unspecified atom stereocenters. The minimum Gasteiger partial charge on any atom is -0.309 e. The molecule has 0 saturated heterocycles. The molecule has 3 heteroatoms. The van der Waals surface area contributed by atoms with Crippen molar-refractivity contribution in [3.8, 4) is 0 Å². The van der Waals surface area contributed by atoms with Crippen molar-refractivity contribution in [3.63, 3.8) is 0 Å². The topological polar surface area (TPSA) is 9.72 Å². The molecule has 0 atom stereocenters. The van der Waals surface area contributed by atoms with Crippen LogP contribution in [-0.4, -0.2) is 75.6 Å². The summed E-state index contributed by atoms with van der Waals surface area (Å²) in [5.41, 5.74) is 1.46. The van der Waals surface area contributed by atoms with Crippen LogP contribution in [0.25, 0.3) is 0 Å². The zero-order valence-electron chi connectivity index (χ0n) is 15.1. The third kappa shape index (κ3) is 9.93. The molecule has 0 saturated carbocycles. The van der Waals surface area contributed by atoms with Gasteiger partial charge in [-0.25, -0.2) is 0 Å². The highest BCUT2D eigenvalue weighted by atomic mass is 15.1. The Morgan fingerprint density at radius 2 is 1.14 bits per heavy atom. The lowest BCUT2D eigenvalue weighted by Gasteiger charge is -2.24. The van der Waals surface area contributed by atoms with Gasteiger partial charge in [0.1, 0.15) is 0 Å². The summed E-state index contributed by atoms with van der Waals surface area (Å²) in [7, 11) is 8.63. The molecule has 0 fully saturated rings. The largest absolute Gasteiger partial charge is 0.309 e. The fourth-order valence-corrected chi connectivity index (χ4v) is 2.71. The van der Waals surface area contributed by atoms with E-state index in [2.05, 4.69) is 73.2 Å². The van der Waals surface area contributed by atoms with E-state index >= 15 is 0 Å². The third-order valence-electron chi connectivity index (χ3n) is 3.94. The molecule has 3 nitrogen and oxygen atoms in total. The first-order chi connectivity index (χ1) is 10.6. The van der Waals surface area contributed by atoms with Crippen molar-refractivity contribution >= 4 is 0 Å². The molecule has 1 rings (SSSR count). The maximum Gasteiger partial charge on any atom is -0.000654 e. The van der Waals surface area contributed by atoms with Crippen LogP contribution < -0.4 is 0 Å². The normalized spacial score (nSPS) is 11.8. The Kier molecular flexibility index (Phi) is 10.1. The Morgan fingerprint density at radius 3 is 1.64 bits per heavy atom. The van der Waals surface area contributed by atoms with Gasteiger partial charge in [0.25, 0.3) is 0 Å². The van der Waals surface area contributed by atoms with E-state index in [-0.39, 0.29) is 0 Å². The van der Waals surface area contributed by atoms with E-state index in [9.17, 15) is 0 Å². The molecule has 0 aliphatic rings. The third-order valence-corrected chi connectivity index (χ3v) is 3.94. The predicted molar refractivity (Wildman–Crippen MR) is 97.5 cm³/mol. The first kappa shape index (κ1) is 19.1. The highest BCUT2D eigenvalue weighted by Crippen LogP contribution is 2.05. The van der Waals surface area contributed by atoms with Crippen LogP contribution >= 0.6 is 0 Å². The molecule has 0 spiro atoms. The molecule has 0 radical (unpaired) electrons. The molecule has 0 amide bonds. The Morgan fingerprint density at radius 1 is 0.636 bits per heavy atom. The lowest BCUT2D eigenvalue weighted by molar-refractivity contribution is 0.238. The van der Waals surface area contributed by atoms with E-state index in [1.54, 1.807) is 0 Å². The molecular formula is C19H35N3. The number of aryl methyl sites for hydroxylation is 1. The molecule has 1 aromatic carbocycles. The highest BCUT2D eigenvalue weighted by Gasteiger charge is 2.05. The Labute approximate surface area is 137 Å². The lowest BCUT2D eigenvalue weighted by Crippen LogP contribution is -2.31. The summed E-state index contributed by atoms with van der Waals surface area (Å²) in [4.78, 5) is 7.21. The van der Waals surface area contributed by atoms with Gasteiger partial charge >= 0.3 is 0 Å². The first-order valence-corrected chi connectivity index (χ1v) is 8.63. The molecule has 1 aromatic rings. The molecule has 0 aromatic heterocycles. The summed E-state index contributed by atoms with van der Waals surface area (Å²) in [6.07, 6.45) is 4.98. The van der Waals surface area contributed by atoms with Gasteiger partial charge in [-0.05, 0) is 92.2 Å². The van der Waals surface area contributed by atoms with Crippen molar-refractivity contribution in [1.82, 2.24) is 14.7 Å². The minimum atomic E-state index is 1.18. The average Bonchev–Trinajstić information content (AvgIpc) is 2.47. The van der Waals surface area contributed by atoms with Crippen LogP contribution in [0.2, 0.25) is 0 Å². The van der Waals surface area contributed by atoms with Crippen LogP contribution in [0.15, 0.2) is 30.3 Å². The van der Waals surface area contributed by atoms with Gasteiger partial charge in [-0.15, -0.1) is 0 Å². The lowest BCUT2D eigenvalue weighted by atomic mass is 10.1. The van der Waals surface area contributed by atoms with E-state index in [0.717, 1.165) is 0 Å². The highest BCUT2D eigenvalue weighted by molar-refractivity contribution is 5.14. The zero-order chi connectivity index (χ0) is 16.2. The quantitative estimate of drug-likeness (QED) is 0.588. The van der Waals surface area contributed by atoms with Crippen molar-refractivity contribution in [2.45, 2.75) is 25.7 Å². The van der Waals surface area contributed by atoms with Gasteiger partial charge in [-0.2, -0.15) is 0 Å². The molecule has 22 heavy (non-hydrogen) atoms. The molecule has 0 aliphatic carbocycles. The fourth-order valence-electron chi connectivity index (χ4n) is 2.71. The molecule has 0 heterocycles. The standard InChI is InChI=1S/C19H35N3/c1-20(2)14-9-17-22(18-10-15-21(3)4)16-8-13-19-11-6-5-7-12-19/h5-7,11-12H,8-10,13-18H2,1-4H3. The van der Waals surface area contributed by atoms with Gasteiger partial charge in [0, 0.05) is 0 Å². The van der Waals surface area contributed by atoms with Gasteiger partial charge in [-0.1, -0.05) is 30.3 Å². The van der Waals surface area contributed by atoms with Gasteiger partial charge in [0.2, 0.25) is 0 Å². The number of rotatable bonds is 12. The van der Waals surface area contributed by atoms with Crippen LogP contribution in [0, 0.1) is 0 Å². The van der Waals surface area contributed by atoms with Crippen molar-refractivity contribution in [2.75, 3.05) is 60.9 Å². The Bertz CT molecular complexity index is 348. The van der Waals surface area contributed by atoms with Crippen molar-refractivity contribution < 1.29 is 0 Å². The summed E-state index contributed by atoms with van der Waals surface area (Å²) in [5, 5.41) is 0. The van der Waals surface area contributed by atoms with Crippen LogP contribution in [-0.2, 0) is 6.42 Å². The van der Waals surface area contributed by atoms with E-state index in [1.165, 1.54) is 64.0 Å². The Balaban J connectivity index is 2.29. The van der Waals surface area contributed by atoms with Crippen LogP contribution in [0.4, 0.5) is 0 Å². The molecule has 0 bridgehead atoms. The second-order valence-electron chi connectivity index (χ2n) is 6.74. The number of nitrogens with zero attached hydrogens (tertiary/aromatic N) is 3. The number of hydrogen-bond acceptors (Lipinski definition) is 3. The first-order valence-electron chi connectivity index (χ1n) is 8.63. The van der Waals surface area contributed by atoms with Crippen molar-refractivity contribution in [3.05, 3.63) is 35.9 Å². The summed E-state index contributed by atoms with van der Waals surface area (Å²) < 4.78 is 0. The Hall–Kier alpha value is -0.900. The maximum absolute atomic E-state index is 2.65. The second-order valence-corrected chi connectivity index (χ2v) is 6.74. The van der Waals surface area contributed by atoms with Crippen LogP contribution in [0.3, 0.4) is 0 Å². The van der Waals surface area contributed by atoms with Crippen molar-refractivity contribution in [1.29, 1.82) is 0 Å². The van der Waals surface area contributed by atoms with Crippen LogP contribution in [0.1, 0.15) is 24.8 Å². The van der Waals surface area contributed by atoms with Gasteiger partial charge in [-0.3, -0.25) is 0 Å². The van der Waals surface area contributed by atoms with E-state index in [4.69, 9.17) is 0 Å². The van der Waals surface area contributed by atoms with Gasteiger partial charge < -0.3 is 14.7 Å². The summed E-state index contributed by atoms with van der Waals surface area (Å²) in [6.45, 7) is 6.03. The van der Waals surface area contributed by atoms with Crippen LogP contribution in [0.5, 0.6) is 0 Å². The second kappa shape index (κ2) is 11.6. The average molecular weight is 306 g/mol. The fraction of sp³-hybridized carbons (Fsp3) is 0.684. The summed E-state index contributed by atoms with van der Waals surface area (Å²) in [5.74, 6) is 0. The monoisotopic (exact) mass is 305 g/mol. The molecule has 126 valence electrons. The predicted octanol–water partition coefficient (Wildman–Crippen LogP) is 2.82.